The second kappa shape index (κ2) is 9.74. The smallest absolute Gasteiger partial charge is 0.325 e. The summed E-state index contributed by atoms with van der Waals surface area (Å²) in [6.45, 7) is 0. The Morgan fingerprint density at radius 1 is 1.47 bits per heavy atom. The Hall–Kier alpha value is -1.15. The predicted molar refractivity (Wildman–Crippen MR) is 81.1 cm³/mol. The summed E-state index contributed by atoms with van der Waals surface area (Å²) >= 11 is 1.28. The van der Waals surface area contributed by atoms with Gasteiger partial charge in [0.05, 0.1) is 5.55 Å². The van der Waals surface area contributed by atoms with Gasteiger partial charge >= 0.3 is 5.97 Å². The zero-order valence-electron chi connectivity index (χ0n) is 9.72. The van der Waals surface area contributed by atoms with Crippen molar-refractivity contribution in [2.24, 2.45) is 16.7 Å². The molecule has 0 aliphatic rings. The summed E-state index contributed by atoms with van der Waals surface area (Å²) in [7, 11) is 0. The fraction of sp³-hybridized carbons (Fsp3) is 0.200. The summed E-state index contributed by atoms with van der Waals surface area (Å²) in [4.78, 5) is 10.7. The van der Waals surface area contributed by atoms with Crippen LogP contribution in [-0.4, -0.2) is 21.7 Å². The minimum Gasteiger partial charge on any atom is -0.508 e. The van der Waals surface area contributed by atoms with Crippen LogP contribution in [0.4, 0.5) is 0 Å². The van der Waals surface area contributed by atoms with E-state index in [4.69, 9.17) is 16.7 Å². The summed E-state index contributed by atoms with van der Waals surface area (Å²) in [5.74, 6) is 4.35. The van der Waals surface area contributed by atoms with Crippen LogP contribution >= 0.6 is 36.6 Å². The molecule has 19 heavy (non-hydrogen) atoms. The van der Waals surface area contributed by atoms with E-state index in [-0.39, 0.29) is 30.6 Å². The molecule has 1 rings (SSSR count). The lowest BCUT2D eigenvalue weighted by molar-refractivity contribution is -0.138. The highest BCUT2D eigenvalue weighted by atomic mass is 35.5. The van der Waals surface area contributed by atoms with E-state index < -0.39 is 12.0 Å². The van der Waals surface area contributed by atoms with Crippen molar-refractivity contribution in [2.45, 2.75) is 11.8 Å². The third-order valence-electron chi connectivity index (χ3n) is 2.10. The maximum Gasteiger partial charge on any atom is 0.325 e. The molecule has 1 atom stereocenters. The Labute approximate surface area is 127 Å². The van der Waals surface area contributed by atoms with Crippen molar-refractivity contribution in [2.75, 3.05) is 0 Å². The number of carbonyl (C=O) groups is 1. The van der Waals surface area contributed by atoms with Crippen LogP contribution in [-0.2, 0) is 10.5 Å². The molecular formula is C10H15Cl2N3O3S. The van der Waals surface area contributed by atoms with E-state index in [2.05, 4.69) is 5.10 Å². The van der Waals surface area contributed by atoms with E-state index in [0.29, 0.717) is 16.9 Å². The molecule has 0 saturated heterocycles. The number of nitrogens with two attached hydrogens (primary N) is 2. The van der Waals surface area contributed by atoms with Crippen molar-refractivity contribution in [3.63, 3.8) is 0 Å². The van der Waals surface area contributed by atoms with Crippen molar-refractivity contribution in [3.05, 3.63) is 29.3 Å². The number of hydrazone groups is 1. The molecule has 108 valence electrons. The van der Waals surface area contributed by atoms with Gasteiger partial charge in [-0.05, 0) is 17.7 Å². The van der Waals surface area contributed by atoms with E-state index in [1.807, 2.05) is 0 Å². The highest BCUT2D eigenvalue weighted by Crippen LogP contribution is 2.25. The van der Waals surface area contributed by atoms with Crippen LogP contribution in [0, 0.1) is 0 Å². The summed E-state index contributed by atoms with van der Waals surface area (Å²) in [6.07, 6.45) is 0. The van der Waals surface area contributed by atoms with Gasteiger partial charge in [-0.3, -0.25) is 4.79 Å². The van der Waals surface area contributed by atoms with Gasteiger partial charge in [-0.1, -0.05) is 6.07 Å². The molecule has 6 N–H and O–H groups in total. The number of hydrogen-bond donors (Lipinski definition) is 4. The largest absolute Gasteiger partial charge is 0.508 e. The summed E-state index contributed by atoms with van der Waals surface area (Å²) < 4.78 is 0. The number of phenolic OH excluding ortho intramolecular Hbond substituents is 1. The first-order chi connectivity index (χ1) is 8.06. The van der Waals surface area contributed by atoms with Gasteiger partial charge in [0.25, 0.3) is 0 Å². The number of rotatable bonds is 5. The number of hydrogen-bond acceptors (Lipinski definition) is 6. The number of benzene rings is 1. The molecular weight excluding hydrogens is 313 g/mol. The first-order valence-corrected chi connectivity index (χ1v) is 5.74. The molecule has 0 fully saturated rings. The number of aromatic hydroxyl groups is 1. The molecule has 1 unspecified atom stereocenters. The summed E-state index contributed by atoms with van der Waals surface area (Å²) in [5, 5.41) is 21.7. The SMILES string of the molecule is Cl.Cl.NN=CSCc1cc(C(N)C(=O)O)ccc1O. The zero-order chi connectivity index (χ0) is 12.8. The molecule has 1 aromatic rings. The molecule has 0 saturated carbocycles. The first kappa shape index (κ1) is 20.2. The third-order valence-corrected chi connectivity index (χ3v) is 2.85. The molecule has 6 nitrogen and oxygen atoms in total. The molecule has 1 aromatic carbocycles. The Morgan fingerprint density at radius 3 is 2.63 bits per heavy atom. The average Bonchev–Trinajstić information content (AvgIpc) is 2.30. The van der Waals surface area contributed by atoms with Crippen LogP contribution in [0.5, 0.6) is 5.75 Å². The van der Waals surface area contributed by atoms with Gasteiger partial charge in [0.2, 0.25) is 0 Å². The van der Waals surface area contributed by atoms with E-state index in [1.165, 1.54) is 29.4 Å². The molecule has 0 amide bonds. The van der Waals surface area contributed by atoms with Crippen molar-refractivity contribution in [3.8, 4) is 5.75 Å². The van der Waals surface area contributed by atoms with E-state index >= 15 is 0 Å². The number of thioether (sulfide) groups is 1. The van der Waals surface area contributed by atoms with Gasteiger partial charge in [-0.15, -0.1) is 36.6 Å². The number of carboxylic acid groups (broad SMARTS) is 1. The lowest BCUT2D eigenvalue weighted by Crippen LogP contribution is -2.20. The highest BCUT2D eigenvalue weighted by molar-refractivity contribution is 8.11. The highest BCUT2D eigenvalue weighted by Gasteiger charge is 2.15. The molecule has 0 aliphatic heterocycles. The topological polar surface area (TPSA) is 122 Å². The van der Waals surface area contributed by atoms with Crippen LogP contribution < -0.4 is 11.6 Å². The maximum absolute atomic E-state index is 10.7. The van der Waals surface area contributed by atoms with Gasteiger partial charge < -0.3 is 21.8 Å². The zero-order valence-corrected chi connectivity index (χ0v) is 12.2. The quantitative estimate of drug-likeness (QED) is 0.281. The van der Waals surface area contributed by atoms with E-state index in [0.717, 1.165) is 0 Å². The Balaban J connectivity index is 0. The van der Waals surface area contributed by atoms with Gasteiger partial charge in [0.15, 0.2) is 0 Å². The molecule has 0 bridgehead atoms. The molecule has 0 aromatic heterocycles. The second-order valence-electron chi connectivity index (χ2n) is 3.27. The van der Waals surface area contributed by atoms with E-state index in [1.54, 1.807) is 6.07 Å². The Bertz CT molecular complexity index is 446. The number of carboxylic acids is 1. The van der Waals surface area contributed by atoms with Crippen molar-refractivity contribution in [1.82, 2.24) is 0 Å². The normalized spacial score (nSPS) is 11.4. The minimum absolute atomic E-state index is 0. The molecule has 0 aliphatic carbocycles. The fourth-order valence-corrected chi connectivity index (χ4v) is 1.80. The van der Waals surface area contributed by atoms with Crippen LogP contribution in [0.25, 0.3) is 0 Å². The van der Waals surface area contributed by atoms with Crippen molar-refractivity contribution in [1.29, 1.82) is 0 Å². The average molecular weight is 328 g/mol. The monoisotopic (exact) mass is 327 g/mol. The third kappa shape index (κ3) is 6.02. The number of phenols is 1. The van der Waals surface area contributed by atoms with Crippen LogP contribution in [0.1, 0.15) is 17.2 Å². The van der Waals surface area contributed by atoms with Gasteiger partial charge in [-0.25, -0.2) is 0 Å². The van der Waals surface area contributed by atoms with Gasteiger partial charge in [0.1, 0.15) is 11.8 Å². The second-order valence-corrected chi connectivity index (χ2v) is 4.10. The molecule has 0 spiro atoms. The Kier molecular flexibility index (Phi) is 10.3. The molecule has 0 radical (unpaired) electrons. The van der Waals surface area contributed by atoms with Crippen molar-refractivity contribution < 1.29 is 15.0 Å². The standard InChI is InChI=1S/C10H13N3O3S.2ClH/c11-9(10(15)16)6-1-2-8(14)7(3-6)4-17-5-13-12;;/h1-3,5,9,14H,4,11-12H2,(H,15,16);2*1H. The van der Waals surface area contributed by atoms with Gasteiger partial charge in [-0.2, -0.15) is 5.10 Å². The van der Waals surface area contributed by atoms with Gasteiger partial charge in [0, 0.05) is 11.3 Å². The lowest BCUT2D eigenvalue weighted by atomic mass is 10.0. The van der Waals surface area contributed by atoms with Crippen LogP contribution in [0.15, 0.2) is 23.3 Å². The fourth-order valence-electron chi connectivity index (χ4n) is 1.23. The molecule has 9 heteroatoms. The maximum atomic E-state index is 10.7. The summed E-state index contributed by atoms with van der Waals surface area (Å²) in [5.41, 5.74) is 7.94. The Morgan fingerprint density at radius 2 is 2.11 bits per heavy atom. The molecule has 0 heterocycles. The predicted octanol–water partition coefficient (Wildman–Crippen LogP) is 1.46. The van der Waals surface area contributed by atoms with Crippen molar-refractivity contribution >= 4 is 48.1 Å². The van der Waals surface area contributed by atoms with Crippen LogP contribution in [0.2, 0.25) is 0 Å². The lowest BCUT2D eigenvalue weighted by Gasteiger charge is -2.09. The summed E-state index contributed by atoms with van der Waals surface area (Å²) in [6, 6.07) is 3.38. The minimum atomic E-state index is -1.11. The number of aliphatic carboxylic acids is 1. The van der Waals surface area contributed by atoms with E-state index in [9.17, 15) is 9.90 Å². The number of halogens is 2. The van der Waals surface area contributed by atoms with Crippen LogP contribution in [0.3, 0.4) is 0 Å². The number of nitrogens with zero attached hydrogens (tertiary/aromatic N) is 1. The first-order valence-electron chi connectivity index (χ1n) is 4.69.